The average molecular weight is 548 g/mol. The van der Waals surface area contributed by atoms with Gasteiger partial charge in [-0.1, -0.05) is 55.8 Å². The number of benzene rings is 2. The zero-order valence-corrected chi connectivity index (χ0v) is 22.4. The number of aliphatic carboxylic acids is 1. The zero-order chi connectivity index (χ0) is 25.9. The fourth-order valence-corrected chi connectivity index (χ4v) is 6.47. The van der Waals surface area contributed by atoms with E-state index in [0.717, 1.165) is 21.3 Å². The number of anilines is 1. The normalized spacial score (nSPS) is 19.8. The first-order valence-electron chi connectivity index (χ1n) is 11.6. The van der Waals surface area contributed by atoms with E-state index in [1.165, 1.54) is 11.3 Å². The number of hydrogen-bond donors (Lipinski definition) is 2. The summed E-state index contributed by atoms with van der Waals surface area (Å²) < 4.78 is 31.9. The van der Waals surface area contributed by atoms with Gasteiger partial charge in [-0.15, -0.1) is 11.3 Å². The first-order chi connectivity index (χ1) is 17.2. The molecule has 1 aliphatic carbocycles. The minimum atomic E-state index is -2.80. The van der Waals surface area contributed by atoms with Gasteiger partial charge in [-0.05, 0) is 54.8 Å². The van der Waals surface area contributed by atoms with Crippen molar-refractivity contribution in [3.63, 3.8) is 0 Å². The smallest absolute Gasteiger partial charge is 0.331 e. The number of nitrogens with zero attached hydrogens (tertiary/aromatic N) is 1. The minimum Gasteiger partial charge on any atom is -0.755 e. The number of para-hydroxylation sites is 1. The highest BCUT2D eigenvalue weighted by Crippen LogP contribution is 2.60. The third-order valence-electron chi connectivity index (χ3n) is 6.12. The highest BCUT2D eigenvalue weighted by atomic mass is 35.5. The summed E-state index contributed by atoms with van der Waals surface area (Å²) in [6, 6.07) is 17.9. The van der Waals surface area contributed by atoms with Crippen LogP contribution in [0.1, 0.15) is 31.7 Å². The van der Waals surface area contributed by atoms with E-state index in [1.807, 2.05) is 30.3 Å². The number of hydrogen-bond acceptors (Lipinski definition) is 6. The maximum absolute atomic E-state index is 12.6. The molecule has 0 saturated heterocycles. The number of carboxylic acid groups (broad SMARTS) is 1. The largest absolute Gasteiger partial charge is 0.755 e. The van der Waals surface area contributed by atoms with Crippen molar-refractivity contribution < 1.29 is 23.4 Å². The summed E-state index contributed by atoms with van der Waals surface area (Å²) in [4.78, 5) is 13.4. The molecule has 192 valence electrons. The number of thiophene rings is 1. The molecular formula is C26H28ClN2O5S2-. The maximum atomic E-state index is 12.6. The lowest BCUT2D eigenvalue weighted by molar-refractivity contribution is -0.139. The summed E-state index contributed by atoms with van der Waals surface area (Å²) >= 11 is 4.40. The molecule has 2 aromatic carbocycles. The van der Waals surface area contributed by atoms with Gasteiger partial charge in [0.05, 0.1) is 0 Å². The van der Waals surface area contributed by atoms with Crippen LogP contribution < -0.4 is 14.4 Å². The highest BCUT2D eigenvalue weighted by molar-refractivity contribution is 7.81. The van der Waals surface area contributed by atoms with Crippen molar-refractivity contribution in [1.82, 2.24) is 5.32 Å². The lowest BCUT2D eigenvalue weighted by atomic mass is 10.0. The Morgan fingerprint density at radius 1 is 1.25 bits per heavy atom. The number of rotatable bonds is 12. The molecule has 3 unspecified atom stereocenters. The van der Waals surface area contributed by atoms with Gasteiger partial charge in [-0.3, -0.25) is 8.51 Å². The summed E-state index contributed by atoms with van der Waals surface area (Å²) in [7, 11) is 0. The van der Waals surface area contributed by atoms with E-state index in [0.29, 0.717) is 40.4 Å². The molecule has 4 rings (SSSR count). The van der Waals surface area contributed by atoms with Gasteiger partial charge < -0.3 is 19.7 Å². The Balaban J connectivity index is 1.59. The lowest BCUT2D eigenvalue weighted by Gasteiger charge is -2.32. The molecule has 10 heteroatoms. The van der Waals surface area contributed by atoms with Gasteiger partial charge in [-0.25, -0.2) is 4.79 Å². The molecule has 0 aliphatic heterocycles. The summed E-state index contributed by atoms with van der Waals surface area (Å²) in [5.41, 5.74) is -0.0631. The fourth-order valence-electron chi connectivity index (χ4n) is 4.30. The molecule has 1 fully saturated rings. The first-order valence-corrected chi connectivity index (χ1v) is 13.9. The monoisotopic (exact) mass is 547 g/mol. The van der Waals surface area contributed by atoms with Gasteiger partial charge in [0, 0.05) is 39.2 Å². The second kappa shape index (κ2) is 11.3. The predicted octanol–water partition coefficient (Wildman–Crippen LogP) is 5.30. The number of halogens is 1. The molecule has 0 spiro atoms. The van der Waals surface area contributed by atoms with Crippen LogP contribution in [0.4, 0.5) is 5.00 Å². The van der Waals surface area contributed by atoms with E-state index >= 15 is 0 Å². The van der Waals surface area contributed by atoms with Crippen molar-refractivity contribution >= 4 is 45.2 Å². The van der Waals surface area contributed by atoms with Crippen LogP contribution in [-0.4, -0.2) is 45.1 Å². The van der Waals surface area contributed by atoms with Gasteiger partial charge in [0.1, 0.15) is 17.4 Å². The standard InChI is InChI=1S/C26H29ClN2O5S2/c1-17(2)16-28-13-14-34-22-6-4-3-5-20(22)21-15-26(21,25(30)31)29(36(32)33)24-12-11-23(35-24)18-7-9-19(27)10-8-18/h3-12,17,21,28H,13-16H2,1-2H3,(H,30,31)(H,32,33)/p-1. The van der Waals surface area contributed by atoms with E-state index in [1.54, 1.807) is 30.3 Å². The van der Waals surface area contributed by atoms with E-state index in [2.05, 4.69) is 19.2 Å². The Labute approximate surface area is 222 Å². The molecule has 0 radical (unpaired) electrons. The Bertz CT molecular complexity index is 1230. The molecule has 3 aromatic rings. The number of ether oxygens (including phenoxy) is 1. The molecule has 1 heterocycles. The van der Waals surface area contributed by atoms with E-state index < -0.39 is 28.7 Å². The van der Waals surface area contributed by atoms with Crippen molar-refractivity contribution in [3.8, 4) is 16.2 Å². The Kier molecular flexibility index (Phi) is 8.37. The van der Waals surface area contributed by atoms with Crippen LogP contribution in [-0.2, 0) is 16.1 Å². The number of carboxylic acids is 1. The van der Waals surface area contributed by atoms with E-state index in [-0.39, 0.29) is 6.42 Å². The fraction of sp³-hybridized carbons (Fsp3) is 0.346. The summed E-state index contributed by atoms with van der Waals surface area (Å²) in [6.45, 7) is 6.20. The average Bonchev–Trinajstić information content (AvgIpc) is 3.39. The van der Waals surface area contributed by atoms with E-state index in [9.17, 15) is 18.7 Å². The molecule has 7 nitrogen and oxygen atoms in total. The van der Waals surface area contributed by atoms with Crippen LogP contribution in [0.5, 0.6) is 5.75 Å². The molecule has 1 saturated carbocycles. The van der Waals surface area contributed by atoms with Gasteiger partial charge in [0.25, 0.3) is 0 Å². The first kappa shape index (κ1) is 26.6. The molecule has 0 bridgehead atoms. The Hall–Kier alpha value is -2.43. The van der Waals surface area contributed by atoms with Crippen LogP contribution >= 0.6 is 22.9 Å². The third-order valence-corrected chi connectivity index (χ3v) is 8.43. The second-order valence-corrected chi connectivity index (χ2v) is 11.4. The molecule has 36 heavy (non-hydrogen) atoms. The van der Waals surface area contributed by atoms with Gasteiger partial charge in [0.2, 0.25) is 0 Å². The maximum Gasteiger partial charge on any atom is 0.331 e. The lowest BCUT2D eigenvalue weighted by Crippen LogP contribution is -2.46. The molecular weight excluding hydrogens is 520 g/mol. The van der Waals surface area contributed by atoms with Crippen molar-refractivity contribution in [2.24, 2.45) is 5.92 Å². The zero-order valence-electron chi connectivity index (χ0n) is 20.0. The molecule has 3 atom stereocenters. The summed E-state index contributed by atoms with van der Waals surface area (Å²) in [5.74, 6) is -0.640. The van der Waals surface area contributed by atoms with Crippen LogP contribution in [0.25, 0.3) is 10.4 Å². The van der Waals surface area contributed by atoms with Gasteiger partial charge in [-0.2, -0.15) is 0 Å². The quantitative estimate of drug-likeness (QED) is 0.235. The van der Waals surface area contributed by atoms with Crippen LogP contribution in [0.2, 0.25) is 5.02 Å². The summed E-state index contributed by atoms with van der Waals surface area (Å²) in [6.07, 6.45) is 0.149. The molecule has 1 aromatic heterocycles. The molecule has 2 N–H and O–H groups in total. The minimum absolute atomic E-state index is 0.149. The predicted molar refractivity (Wildman–Crippen MR) is 144 cm³/mol. The van der Waals surface area contributed by atoms with Crippen LogP contribution in [0, 0.1) is 5.92 Å². The highest BCUT2D eigenvalue weighted by Gasteiger charge is 2.67. The van der Waals surface area contributed by atoms with Crippen LogP contribution in [0.15, 0.2) is 60.7 Å². The Morgan fingerprint density at radius 2 is 1.97 bits per heavy atom. The van der Waals surface area contributed by atoms with Crippen molar-refractivity contribution in [2.75, 3.05) is 24.0 Å². The number of carbonyl (C=O) groups is 1. The van der Waals surface area contributed by atoms with E-state index in [4.69, 9.17) is 16.3 Å². The van der Waals surface area contributed by atoms with Crippen LogP contribution in [0.3, 0.4) is 0 Å². The third kappa shape index (κ3) is 5.60. The van der Waals surface area contributed by atoms with Gasteiger partial charge >= 0.3 is 5.97 Å². The summed E-state index contributed by atoms with van der Waals surface area (Å²) in [5, 5.41) is 14.5. The van der Waals surface area contributed by atoms with Crippen molar-refractivity contribution in [2.45, 2.75) is 31.7 Å². The van der Waals surface area contributed by atoms with Gasteiger partial charge in [0.15, 0.2) is 5.54 Å². The molecule has 0 amide bonds. The second-order valence-electron chi connectivity index (χ2n) is 9.13. The van der Waals surface area contributed by atoms with Crippen molar-refractivity contribution in [3.05, 3.63) is 71.2 Å². The van der Waals surface area contributed by atoms with Crippen molar-refractivity contribution in [1.29, 1.82) is 0 Å². The molecule has 1 aliphatic rings. The topological polar surface area (TPSA) is 102 Å². The Morgan fingerprint density at radius 3 is 2.64 bits per heavy atom. The number of nitrogens with one attached hydrogen (secondary N) is 1. The SMILES string of the molecule is CC(C)CNCCOc1ccccc1C1CC1(C(=O)O)N(c1ccc(-c2ccc(Cl)cc2)s1)S(=O)[O-].